The van der Waals surface area contributed by atoms with Gasteiger partial charge in [-0.1, -0.05) is 24.3 Å². The van der Waals surface area contributed by atoms with Crippen LogP contribution in [0.15, 0.2) is 48.7 Å². The second-order valence-corrected chi connectivity index (χ2v) is 6.19. The number of piperazine rings is 1. The lowest BCUT2D eigenvalue weighted by Gasteiger charge is -2.33. The number of nitrogens with one attached hydrogen (secondary N) is 1. The summed E-state index contributed by atoms with van der Waals surface area (Å²) in [7, 11) is 2.14. The van der Waals surface area contributed by atoms with Crippen LogP contribution in [0.3, 0.4) is 0 Å². The number of para-hydroxylation sites is 1. The van der Waals surface area contributed by atoms with E-state index < -0.39 is 0 Å². The highest BCUT2D eigenvalue weighted by Crippen LogP contribution is 2.13. The number of pyridine rings is 1. The maximum Gasteiger partial charge on any atom is 0.258 e. The molecule has 1 fully saturated rings. The highest BCUT2D eigenvalue weighted by Gasteiger charge is 2.14. The summed E-state index contributed by atoms with van der Waals surface area (Å²) in [5.41, 5.74) is 0.978. The number of hydrogen-bond acceptors (Lipinski definition) is 5. The van der Waals surface area contributed by atoms with Gasteiger partial charge in [0.2, 0.25) is 0 Å². The van der Waals surface area contributed by atoms with E-state index in [9.17, 15) is 4.79 Å². The molecule has 1 amide bonds. The summed E-state index contributed by atoms with van der Waals surface area (Å²) < 4.78 is 5.43. The third kappa shape index (κ3) is 5.19. The van der Waals surface area contributed by atoms with Gasteiger partial charge in [-0.25, -0.2) is 4.98 Å². The zero-order valence-corrected chi connectivity index (χ0v) is 14.5. The van der Waals surface area contributed by atoms with Crippen molar-refractivity contribution in [1.82, 2.24) is 15.2 Å². The van der Waals surface area contributed by atoms with Gasteiger partial charge in [0.05, 0.1) is 0 Å². The normalized spacial score (nSPS) is 15.0. The molecule has 0 unspecified atom stereocenters. The minimum absolute atomic E-state index is 0.0107. The molecular weight excluding hydrogens is 316 g/mol. The second-order valence-electron chi connectivity index (χ2n) is 6.19. The van der Waals surface area contributed by atoms with Gasteiger partial charge in [0, 0.05) is 38.9 Å². The molecule has 25 heavy (non-hydrogen) atoms. The van der Waals surface area contributed by atoms with Gasteiger partial charge in [0.1, 0.15) is 11.6 Å². The Morgan fingerprint density at radius 1 is 1.12 bits per heavy atom. The molecule has 1 N–H and O–H groups in total. The van der Waals surface area contributed by atoms with Crippen molar-refractivity contribution >= 4 is 11.7 Å². The number of rotatable bonds is 6. The average molecular weight is 340 g/mol. The van der Waals surface area contributed by atoms with E-state index in [0.29, 0.717) is 12.3 Å². The first-order valence-electron chi connectivity index (χ1n) is 8.54. The molecule has 1 aliphatic rings. The lowest BCUT2D eigenvalue weighted by Crippen LogP contribution is -2.44. The summed E-state index contributed by atoms with van der Waals surface area (Å²) in [6.45, 7) is 4.57. The molecule has 6 heteroatoms. The van der Waals surface area contributed by atoms with E-state index in [1.54, 1.807) is 0 Å². The topological polar surface area (TPSA) is 57.7 Å². The second kappa shape index (κ2) is 8.48. The fraction of sp³-hybridized carbons (Fsp3) is 0.368. The maximum absolute atomic E-state index is 11.9. The Labute approximate surface area is 148 Å². The third-order valence-corrected chi connectivity index (χ3v) is 4.24. The summed E-state index contributed by atoms with van der Waals surface area (Å²) in [6.07, 6.45) is 1.83. The van der Waals surface area contributed by atoms with Gasteiger partial charge in [-0.2, -0.15) is 0 Å². The number of nitrogens with zero attached hydrogens (tertiary/aromatic N) is 3. The van der Waals surface area contributed by atoms with Crippen molar-refractivity contribution in [3.05, 3.63) is 54.2 Å². The van der Waals surface area contributed by atoms with Crippen LogP contribution in [-0.4, -0.2) is 55.6 Å². The Bertz CT molecular complexity index is 668. The van der Waals surface area contributed by atoms with Crippen molar-refractivity contribution in [3.8, 4) is 5.75 Å². The lowest BCUT2D eigenvalue weighted by molar-refractivity contribution is -0.123. The van der Waals surface area contributed by atoms with Crippen molar-refractivity contribution in [2.75, 3.05) is 44.7 Å². The van der Waals surface area contributed by atoms with Crippen LogP contribution in [0.1, 0.15) is 5.56 Å². The van der Waals surface area contributed by atoms with E-state index in [-0.39, 0.29) is 12.5 Å². The maximum atomic E-state index is 11.9. The number of hydrogen-bond donors (Lipinski definition) is 1. The lowest BCUT2D eigenvalue weighted by atomic mass is 10.2. The molecule has 1 saturated heterocycles. The molecule has 2 heterocycles. The smallest absolute Gasteiger partial charge is 0.258 e. The molecule has 6 nitrogen and oxygen atoms in total. The predicted octanol–water partition coefficient (Wildman–Crippen LogP) is 1.53. The quantitative estimate of drug-likeness (QED) is 0.864. The molecular formula is C19H24N4O2. The monoisotopic (exact) mass is 340 g/mol. The van der Waals surface area contributed by atoms with E-state index in [1.165, 1.54) is 0 Å². The van der Waals surface area contributed by atoms with Gasteiger partial charge < -0.3 is 19.9 Å². The first kappa shape index (κ1) is 17.2. The van der Waals surface area contributed by atoms with Crippen LogP contribution in [0, 0.1) is 0 Å². The molecule has 1 aliphatic heterocycles. The standard InChI is InChI=1S/C19H24N4O2/c1-22-9-11-23(12-10-22)18-8-7-16(13-20-18)14-21-19(24)15-25-17-5-3-2-4-6-17/h2-8,13H,9-12,14-15H2,1H3,(H,21,24). The molecule has 0 atom stereocenters. The van der Waals surface area contributed by atoms with E-state index >= 15 is 0 Å². The van der Waals surface area contributed by atoms with Crippen LogP contribution in [0.25, 0.3) is 0 Å². The van der Waals surface area contributed by atoms with Crippen molar-refractivity contribution < 1.29 is 9.53 Å². The van der Waals surface area contributed by atoms with E-state index in [4.69, 9.17) is 4.74 Å². The van der Waals surface area contributed by atoms with Crippen LogP contribution in [0.5, 0.6) is 5.75 Å². The highest BCUT2D eigenvalue weighted by molar-refractivity contribution is 5.77. The average Bonchev–Trinajstić information content (AvgIpc) is 2.67. The minimum atomic E-state index is -0.146. The molecule has 0 radical (unpaired) electrons. The first-order chi connectivity index (χ1) is 12.2. The number of amides is 1. The Hall–Kier alpha value is -2.60. The van der Waals surface area contributed by atoms with Crippen LogP contribution in [0.2, 0.25) is 0 Å². The number of benzene rings is 1. The Balaban J connectivity index is 1.43. The van der Waals surface area contributed by atoms with Crippen molar-refractivity contribution in [1.29, 1.82) is 0 Å². The van der Waals surface area contributed by atoms with Crippen LogP contribution < -0.4 is 15.0 Å². The molecule has 0 aliphatic carbocycles. The van der Waals surface area contributed by atoms with Gasteiger partial charge in [-0.15, -0.1) is 0 Å². The number of anilines is 1. The van der Waals surface area contributed by atoms with Gasteiger partial charge in [-0.05, 0) is 30.8 Å². The third-order valence-electron chi connectivity index (χ3n) is 4.24. The summed E-state index contributed by atoms with van der Waals surface area (Å²) in [5.74, 6) is 1.54. The number of carbonyl (C=O) groups excluding carboxylic acids is 1. The Morgan fingerprint density at radius 2 is 1.88 bits per heavy atom. The molecule has 0 spiro atoms. The van der Waals surface area contributed by atoms with E-state index in [1.807, 2.05) is 48.7 Å². The van der Waals surface area contributed by atoms with Crippen molar-refractivity contribution in [3.63, 3.8) is 0 Å². The number of likely N-dealkylation sites (N-methyl/N-ethyl adjacent to an activating group) is 1. The fourth-order valence-electron chi connectivity index (χ4n) is 2.66. The summed E-state index contributed by atoms with van der Waals surface area (Å²) in [6, 6.07) is 13.3. The van der Waals surface area contributed by atoms with E-state index in [0.717, 1.165) is 37.6 Å². The van der Waals surface area contributed by atoms with Gasteiger partial charge in [0.25, 0.3) is 5.91 Å². The van der Waals surface area contributed by atoms with Gasteiger partial charge in [-0.3, -0.25) is 4.79 Å². The zero-order chi connectivity index (χ0) is 17.5. The zero-order valence-electron chi connectivity index (χ0n) is 14.5. The highest BCUT2D eigenvalue weighted by atomic mass is 16.5. The van der Waals surface area contributed by atoms with Crippen molar-refractivity contribution in [2.45, 2.75) is 6.54 Å². The van der Waals surface area contributed by atoms with E-state index in [2.05, 4.69) is 27.1 Å². The summed E-state index contributed by atoms with van der Waals surface area (Å²) in [5, 5.41) is 2.85. The Morgan fingerprint density at radius 3 is 2.56 bits per heavy atom. The van der Waals surface area contributed by atoms with Crippen LogP contribution in [0.4, 0.5) is 5.82 Å². The SMILES string of the molecule is CN1CCN(c2ccc(CNC(=O)COc3ccccc3)cn2)CC1. The Kier molecular flexibility index (Phi) is 5.85. The van der Waals surface area contributed by atoms with Gasteiger partial charge in [0.15, 0.2) is 6.61 Å². The molecule has 0 saturated carbocycles. The fourth-order valence-corrected chi connectivity index (χ4v) is 2.66. The van der Waals surface area contributed by atoms with Crippen molar-refractivity contribution in [2.24, 2.45) is 0 Å². The molecule has 1 aromatic heterocycles. The summed E-state index contributed by atoms with van der Waals surface area (Å²) >= 11 is 0. The predicted molar refractivity (Wildman–Crippen MR) is 97.7 cm³/mol. The van der Waals surface area contributed by atoms with Crippen LogP contribution >= 0.6 is 0 Å². The number of aromatic nitrogens is 1. The molecule has 1 aromatic carbocycles. The molecule has 0 bridgehead atoms. The summed E-state index contributed by atoms with van der Waals surface area (Å²) in [4.78, 5) is 21.0. The first-order valence-corrected chi connectivity index (χ1v) is 8.54. The molecule has 2 aromatic rings. The number of ether oxygens (including phenoxy) is 1. The molecule has 3 rings (SSSR count). The number of carbonyl (C=O) groups is 1. The molecule has 132 valence electrons. The van der Waals surface area contributed by atoms with Crippen LogP contribution in [-0.2, 0) is 11.3 Å². The minimum Gasteiger partial charge on any atom is -0.484 e. The largest absolute Gasteiger partial charge is 0.484 e. The van der Waals surface area contributed by atoms with Gasteiger partial charge >= 0.3 is 0 Å².